The summed E-state index contributed by atoms with van der Waals surface area (Å²) in [7, 11) is 1.68. The highest BCUT2D eigenvalue weighted by atomic mass is 15.1. The Hall–Kier alpha value is -1.18. The quantitative estimate of drug-likeness (QED) is 0.580. The Labute approximate surface area is 80.7 Å². The zero-order chi connectivity index (χ0) is 10.3. The van der Waals surface area contributed by atoms with Crippen LogP contribution in [-0.2, 0) is 0 Å². The van der Waals surface area contributed by atoms with Crippen LogP contribution in [0.1, 0.15) is 25.0 Å². The summed E-state index contributed by atoms with van der Waals surface area (Å²) in [5, 5.41) is 7.69. The number of hydrogen-bond donors (Lipinski definition) is 0. The molecule has 0 saturated heterocycles. The minimum Gasteiger partial charge on any atom is -0.192 e. The molecule has 0 amide bonds. The Kier molecular flexibility index (Phi) is 5.77. The van der Waals surface area contributed by atoms with Gasteiger partial charge in [-0.15, -0.1) is 0 Å². The average molecular weight is 178 g/mol. The van der Waals surface area contributed by atoms with Crippen molar-refractivity contribution in [2.75, 3.05) is 7.05 Å². The maximum Gasteiger partial charge on any atom is 0.0881 e. The molecular formula is C11H18N2. The highest BCUT2D eigenvalue weighted by molar-refractivity contribution is 5.46. The monoisotopic (exact) mass is 178 g/mol. The predicted octanol–water partition coefficient (Wildman–Crippen LogP) is 4.04. The van der Waals surface area contributed by atoms with Crippen molar-refractivity contribution in [3.05, 3.63) is 29.3 Å². The summed E-state index contributed by atoms with van der Waals surface area (Å²) in [5.41, 5.74) is 3.39. The molecule has 0 aliphatic rings. The number of azo groups is 1. The van der Waals surface area contributed by atoms with Gasteiger partial charge in [-0.25, -0.2) is 0 Å². The molecule has 0 fully saturated rings. The van der Waals surface area contributed by atoms with Crippen LogP contribution >= 0.6 is 0 Å². The van der Waals surface area contributed by atoms with E-state index in [9.17, 15) is 0 Å². The molecular weight excluding hydrogens is 160 g/mol. The van der Waals surface area contributed by atoms with Crippen molar-refractivity contribution < 1.29 is 0 Å². The Morgan fingerprint density at radius 2 is 1.69 bits per heavy atom. The van der Waals surface area contributed by atoms with Crippen LogP contribution in [0.25, 0.3) is 0 Å². The van der Waals surface area contributed by atoms with Crippen LogP contribution in [0.5, 0.6) is 0 Å². The molecule has 0 saturated carbocycles. The molecule has 0 spiro atoms. The van der Waals surface area contributed by atoms with Gasteiger partial charge in [0.2, 0.25) is 0 Å². The number of rotatable bonds is 1. The molecule has 1 aromatic carbocycles. The van der Waals surface area contributed by atoms with Gasteiger partial charge < -0.3 is 0 Å². The van der Waals surface area contributed by atoms with Gasteiger partial charge in [0.1, 0.15) is 0 Å². The van der Waals surface area contributed by atoms with Gasteiger partial charge in [-0.05, 0) is 25.5 Å². The van der Waals surface area contributed by atoms with Gasteiger partial charge >= 0.3 is 0 Å². The predicted molar refractivity (Wildman–Crippen MR) is 57.7 cm³/mol. The fourth-order valence-electron chi connectivity index (χ4n) is 1.03. The third-order valence-electron chi connectivity index (χ3n) is 1.56. The van der Waals surface area contributed by atoms with Crippen molar-refractivity contribution in [3.63, 3.8) is 0 Å². The van der Waals surface area contributed by atoms with Crippen molar-refractivity contribution in [2.24, 2.45) is 10.2 Å². The van der Waals surface area contributed by atoms with E-state index in [0.29, 0.717) is 0 Å². The second-order valence-corrected chi connectivity index (χ2v) is 2.59. The van der Waals surface area contributed by atoms with E-state index < -0.39 is 0 Å². The van der Waals surface area contributed by atoms with E-state index >= 15 is 0 Å². The minimum absolute atomic E-state index is 0.957. The number of benzene rings is 1. The lowest BCUT2D eigenvalue weighted by Gasteiger charge is -1.98. The Bertz CT molecular complexity index is 277. The van der Waals surface area contributed by atoms with Crippen molar-refractivity contribution in [2.45, 2.75) is 27.7 Å². The molecule has 0 aliphatic heterocycles. The Morgan fingerprint density at radius 3 is 2.15 bits per heavy atom. The molecule has 0 bridgehead atoms. The summed E-state index contributed by atoms with van der Waals surface area (Å²) >= 11 is 0. The highest BCUT2D eigenvalue weighted by Gasteiger charge is 1.94. The first kappa shape index (κ1) is 11.8. The zero-order valence-corrected chi connectivity index (χ0v) is 9.13. The molecule has 0 atom stereocenters. The molecule has 72 valence electrons. The summed E-state index contributed by atoms with van der Waals surface area (Å²) in [6.45, 7) is 8.11. The molecule has 1 aromatic rings. The van der Waals surface area contributed by atoms with Crippen LogP contribution in [0.3, 0.4) is 0 Å². The minimum atomic E-state index is 0.957. The van der Waals surface area contributed by atoms with Crippen molar-refractivity contribution in [1.82, 2.24) is 0 Å². The summed E-state index contributed by atoms with van der Waals surface area (Å²) in [6.07, 6.45) is 0. The van der Waals surface area contributed by atoms with E-state index in [1.54, 1.807) is 7.05 Å². The van der Waals surface area contributed by atoms with Crippen molar-refractivity contribution in [3.8, 4) is 0 Å². The summed E-state index contributed by atoms with van der Waals surface area (Å²) in [5.74, 6) is 0. The van der Waals surface area contributed by atoms with Gasteiger partial charge in [-0.2, -0.15) is 10.2 Å². The van der Waals surface area contributed by atoms with Crippen LogP contribution in [0.2, 0.25) is 0 Å². The number of hydrogen-bond acceptors (Lipinski definition) is 2. The summed E-state index contributed by atoms with van der Waals surface area (Å²) in [4.78, 5) is 0. The largest absolute Gasteiger partial charge is 0.192 e. The third kappa shape index (κ3) is 3.83. The lowest BCUT2D eigenvalue weighted by molar-refractivity contribution is 1.15. The van der Waals surface area contributed by atoms with Gasteiger partial charge in [0.15, 0.2) is 0 Å². The van der Waals surface area contributed by atoms with E-state index in [1.807, 2.05) is 32.9 Å². The Morgan fingerprint density at radius 1 is 1.08 bits per heavy atom. The van der Waals surface area contributed by atoms with Gasteiger partial charge in [0, 0.05) is 7.05 Å². The molecule has 0 aromatic heterocycles. The van der Waals surface area contributed by atoms with Gasteiger partial charge in [-0.1, -0.05) is 31.5 Å². The standard InChI is InChI=1S/C9H12N2.C2H6/c1-7-4-5-9(11-10-3)8(2)6-7;1-2/h4-6H,1-3H3;1-2H3. The average Bonchev–Trinajstić information content (AvgIpc) is 2.14. The molecule has 2 nitrogen and oxygen atoms in total. The molecule has 1 rings (SSSR count). The van der Waals surface area contributed by atoms with Gasteiger partial charge in [0.05, 0.1) is 5.69 Å². The lowest BCUT2D eigenvalue weighted by atomic mass is 10.1. The van der Waals surface area contributed by atoms with Crippen LogP contribution in [0, 0.1) is 13.8 Å². The SMILES string of the molecule is CC.CN=Nc1ccc(C)cc1C. The normalized spacial score (nSPS) is 9.62. The molecule has 0 N–H and O–H groups in total. The maximum atomic E-state index is 3.97. The van der Waals surface area contributed by atoms with Crippen LogP contribution in [0.4, 0.5) is 5.69 Å². The summed E-state index contributed by atoms with van der Waals surface area (Å²) < 4.78 is 0. The van der Waals surface area contributed by atoms with Crippen LogP contribution < -0.4 is 0 Å². The number of nitrogens with zero attached hydrogens (tertiary/aromatic N) is 2. The second kappa shape index (κ2) is 6.35. The van der Waals surface area contributed by atoms with Crippen molar-refractivity contribution in [1.29, 1.82) is 0 Å². The molecule has 2 heteroatoms. The van der Waals surface area contributed by atoms with Crippen molar-refractivity contribution >= 4 is 5.69 Å². The van der Waals surface area contributed by atoms with Crippen LogP contribution in [0.15, 0.2) is 28.4 Å². The summed E-state index contributed by atoms with van der Waals surface area (Å²) in [6, 6.07) is 6.12. The molecule has 0 heterocycles. The van der Waals surface area contributed by atoms with Gasteiger partial charge in [-0.3, -0.25) is 0 Å². The van der Waals surface area contributed by atoms with Crippen LogP contribution in [-0.4, -0.2) is 7.05 Å². The number of aryl methyl sites for hydroxylation is 2. The molecule has 0 aliphatic carbocycles. The van der Waals surface area contributed by atoms with E-state index in [-0.39, 0.29) is 0 Å². The van der Waals surface area contributed by atoms with E-state index in [1.165, 1.54) is 11.1 Å². The second-order valence-electron chi connectivity index (χ2n) is 2.59. The first-order valence-corrected chi connectivity index (χ1v) is 4.61. The molecule has 0 unspecified atom stereocenters. The first-order chi connectivity index (χ1) is 6.24. The zero-order valence-electron chi connectivity index (χ0n) is 9.13. The molecule has 0 radical (unpaired) electrons. The van der Waals surface area contributed by atoms with E-state index in [4.69, 9.17) is 0 Å². The fraction of sp³-hybridized carbons (Fsp3) is 0.455. The molecule has 13 heavy (non-hydrogen) atoms. The fourth-order valence-corrected chi connectivity index (χ4v) is 1.03. The Balaban J connectivity index is 0.000000671. The highest BCUT2D eigenvalue weighted by Crippen LogP contribution is 2.19. The third-order valence-corrected chi connectivity index (χ3v) is 1.56. The smallest absolute Gasteiger partial charge is 0.0881 e. The van der Waals surface area contributed by atoms with Gasteiger partial charge in [0.25, 0.3) is 0 Å². The maximum absolute atomic E-state index is 3.97. The topological polar surface area (TPSA) is 24.7 Å². The van der Waals surface area contributed by atoms with E-state index in [2.05, 4.69) is 23.2 Å². The van der Waals surface area contributed by atoms with E-state index in [0.717, 1.165) is 5.69 Å². The first-order valence-electron chi connectivity index (χ1n) is 4.61. The lowest BCUT2D eigenvalue weighted by Crippen LogP contribution is -1.75.